The van der Waals surface area contributed by atoms with E-state index in [2.05, 4.69) is 11.9 Å². The lowest BCUT2D eigenvalue weighted by molar-refractivity contribution is -0.120. The van der Waals surface area contributed by atoms with Crippen molar-refractivity contribution in [1.82, 2.24) is 5.32 Å². The molecular formula is C11H13NO4. The summed E-state index contributed by atoms with van der Waals surface area (Å²) in [4.78, 5) is 21.8. The van der Waals surface area contributed by atoms with Crippen molar-refractivity contribution >= 4 is 11.9 Å². The molecular weight excluding hydrogens is 210 g/mol. The Labute approximate surface area is 92.8 Å². The van der Waals surface area contributed by atoms with E-state index in [-0.39, 0.29) is 24.4 Å². The normalized spacial score (nSPS) is 9.81. The first-order valence-corrected chi connectivity index (χ1v) is 4.74. The number of aryl methyl sites for hydroxylation is 1. The molecule has 0 fully saturated rings. The van der Waals surface area contributed by atoms with Crippen molar-refractivity contribution in [3.8, 4) is 0 Å². The van der Waals surface area contributed by atoms with Crippen molar-refractivity contribution in [2.75, 3.05) is 0 Å². The van der Waals surface area contributed by atoms with Gasteiger partial charge in [-0.25, -0.2) is 4.79 Å². The number of hydrogen-bond donors (Lipinski definition) is 2. The van der Waals surface area contributed by atoms with Gasteiger partial charge in [-0.2, -0.15) is 0 Å². The third-order valence-electron chi connectivity index (χ3n) is 1.99. The smallest absolute Gasteiger partial charge is 0.339 e. The quantitative estimate of drug-likeness (QED) is 0.741. The molecule has 1 heterocycles. The number of carboxylic acid groups (broad SMARTS) is 1. The minimum atomic E-state index is -1.04. The molecule has 0 bridgehead atoms. The van der Waals surface area contributed by atoms with Gasteiger partial charge in [0.15, 0.2) is 0 Å². The highest BCUT2D eigenvalue weighted by atomic mass is 16.4. The van der Waals surface area contributed by atoms with Crippen LogP contribution in [0.1, 0.15) is 28.3 Å². The standard InChI is InChI=1S/C11H13NO4/c1-3-4-10(13)12-6-8-5-9(11(14)15)7(2)16-8/h3,5H,1,4,6H2,2H3,(H,12,13)(H,14,15). The number of furan rings is 1. The summed E-state index contributed by atoms with van der Waals surface area (Å²) in [5, 5.41) is 11.4. The molecule has 0 spiro atoms. The van der Waals surface area contributed by atoms with Crippen LogP contribution in [-0.2, 0) is 11.3 Å². The van der Waals surface area contributed by atoms with E-state index in [0.717, 1.165) is 0 Å². The molecule has 5 nitrogen and oxygen atoms in total. The van der Waals surface area contributed by atoms with Crippen LogP contribution in [0.5, 0.6) is 0 Å². The van der Waals surface area contributed by atoms with Gasteiger partial charge in [0.25, 0.3) is 0 Å². The van der Waals surface area contributed by atoms with Gasteiger partial charge in [0.1, 0.15) is 17.1 Å². The number of carbonyl (C=O) groups is 2. The Bertz CT molecular complexity index is 420. The van der Waals surface area contributed by atoms with Crippen LogP contribution in [0.15, 0.2) is 23.1 Å². The molecule has 0 aliphatic rings. The van der Waals surface area contributed by atoms with E-state index in [4.69, 9.17) is 9.52 Å². The second-order valence-electron chi connectivity index (χ2n) is 3.26. The van der Waals surface area contributed by atoms with Crippen molar-refractivity contribution < 1.29 is 19.1 Å². The Morgan fingerprint density at radius 3 is 2.81 bits per heavy atom. The van der Waals surface area contributed by atoms with Crippen molar-refractivity contribution in [2.45, 2.75) is 19.9 Å². The third-order valence-corrected chi connectivity index (χ3v) is 1.99. The summed E-state index contributed by atoms with van der Waals surface area (Å²) in [6, 6.07) is 1.41. The van der Waals surface area contributed by atoms with Crippen molar-refractivity contribution in [1.29, 1.82) is 0 Å². The van der Waals surface area contributed by atoms with Crippen molar-refractivity contribution in [3.63, 3.8) is 0 Å². The summed E-state index contributed by atoms with van der Waals surface area (Å²) in [5.74, 6) is -0.460. The molecule has 0 atom stereocenters. The van der Waals surface area contributed by atoms with Gasteiger partial charge in [-0.1, -0.05) is 6.08 Å². The van der Waals surface area contributed by atoms with E-state index in [9.17, 15) is 9.59 Å². The maximum atomic E-state index is 11.1. The molecule has 0 radical (unpaired) electrons. The number of rotatable bonds is 5. The molecule has 1 amide bonds. The maximum Gasteiger partial charge on any atom is 0.339 e. The van der Waals surface area contributed by atoms with Gasteiger partial charge in [0, 0.05) is 6.42 Å². The van der Waals surface area contributed by atoms with E-state index in [1.54, 1.807) is 6.92 Å². The third kappa shape index (κ3) is 2.98. The molecule has 1 rings (SSSR count). The first kappa shape index (κ1) is 12.0. The predicted octanol–water partition coefficient (Wildman–Crippen LogP) is 1.48. The fourth-order valence-electron chi connectivity index (χ4n) is 1.23. The Morgan fingerprint density at radius 1 is 1.62 bits per heavy atom. The molecule has 5 heteroatoms. The van der Waals surface area contributed by atoms with Crippen LogP contribution in [-0.4, -0.2) is 17.0 Å². The average Bonchev–Trinajstić information content (AvgIpc) is 2.57. The van der Waals surface area contributed by atoms with Gasteiger partial charge in [-0.15, -0.1) is 6.58 Å². The highest BCUT2D eigenvalue weighted by molar-refractivity contribution is 5.88. The Morgan fingerprint density at radius 2 is 2.31 bits per heavy atom. The minimum Gasteiger partial charge on any atom is -0.478 e. The Kier molecular flexibility index (Phi) is 3.88. The van der Waals surface area contributed by atoms with Crippen LogP contribution in [0, 0.1) is 6.92 Å². The fourth-order valence-corrected chi connectivity index (χ4v) is 1.23. The van der Waals surface area contributed by atoms with Gasteiger partial charge in [-0.05, 0) is 13.0 Å². The zero-order chi connectivity index (χ0) is 12.1. The molecule has 0 aromatic carbocycles. The summed E-state index contributed by atoms with van der Waals surface area (Å²) >= 11 is 0. The van der Waals surface area contributed by atoms with Crippen LogP contribution in [0.25, 0.3) is 0 Å². The minimum absolute atomic E-state index is 0.118. The first-order valence-electron chi connectivity index (χ1n) is 4.74. The van der Waals surface area contributed by atoms with E-state index in [0.29, 0.717) is 11.5 Å². The second-order valence-corrected chi connectivity index (χ2v) is 3.26. The maximum absolute atomic E-state index is 11.1. The topological polar surface area (TPSA) is 79.5 Å². The van der Waals surface area contributed by atoms with Crippen molar-refractivity contribution in [2.24, 2.45) is 0 Å². The van der Waals surface area contributed by atoms with Crippen LogP contribution in [0.2, 0.25) is 0 Å². The Balaban J connectivity index is 2.61. The highest BCUT2D eigenvalue weighted by Crippen LogP contribution is 2.14. The SMILES string of the molecule is C=CCC(=O)NCc1cc(C(=O)O)c(C)o1. The summed E-state index contributed by atoms with van der Waals surface area (Å²) < 4.78 is 5.18. The fraction of sp³-hybridized carbons (Fsp3) is 0.273. The van der Waals surface area contributed by atoms with Gasteiger partial charge >= 0.3 is 5.97 Å². The lowest BCUT2D eigenvalue weighted by Crippen LogP contribution is -2.21. The largest absolute Gasteiger partial charge is 0.478 e. The number of carbonyl (C=O) groups excluding carboxylic acids is 1. The van der Waals surface area contributed by atoms with Gasteiger partial charge in [0.05, 0.1) is 6.54 Å². The average molecular weight is 223 g/mol. The van der Waals surface area contributed by atoms with E-state index in [1.165, 1.54) is 12.1 Å². The summed E-state index contributed by atoms with van der Waals surface area (Å²) in [5.41, 5.74) is 0.118. The molecule has 0 saturated heterocycles. The lowest BCUT2D eigenvalue weighted by atomic mass is 10.2. The van der Waals surface area contributed by atoms with Crippen LogP contribution in [0.3, 0.4) is 0 Å². The second kappa shape index (κ2) is 5.16. The number of amides is 1. The van der Waals surface area contributed by atoms with Crippen LogP contribution in [0.4, 0.5) is 0 Å². The highest BCUT2D eigenvalue weighted by Gasteiger charge is 2.13. The molecule has 0 aliphatic heterocycles. The molecule has 1 aromatic heterocycles. The summed E-state index contributed by atoms with van der Waals surface area (Å²) in [6.07, 6.45) is 1.72. The monoisotopic (exact) mass is 223 g/mol. The molecule has 1 aromatic rings. The number of hydrogen-bond acceptors (Lipinski definition) is 3. The van der Waals surface area contributed by atoms with Gasteiger partial charge in [0.2, 0.25) is 5.91 Å². The Hall–Kier alpha value is -2.04. The first-order chi connectivity index (χ1) is 7.54. The number of nitrogens with one attached hydrogen (secondary N) is 1. The van der Waals surface area contributed by atoms with Gasteiger partial charge in [-0.3, -0.25) is 4.79 Å². The van der Waals surface area contributed by atoms with E-state index < -0.39 is 5.97 Å². The molecule has 0 unspecified atom stereocenters. The van der Waals surface area contributed by atoms with Crippen molar-refractivity contribution in [3.05, 3.63) is 35.8 Å². The van der Waals surface area contributed by atoms with Crippen LogP contribution < -0.4 is 5.32 Å². The number of carboxylic acids is 1. The van der Waals surface area contributed by atoms with E-state index in [1.807, 2.05) is 0 Å². The lowest BCUT2D eigenvalue weighted by Gasteiger charge is -1.99. The molecule has 0 aliphatic carbocycles. The molecule has 86 valence electrons. The van der Waals surface area contributed by atoms with Gasteiger partial charge < -0.3 is 14.8 Å². The zero-order valence-electron chi connectivity index (χ0n) is 8.95. The van der Waals surface area contributed by atoms with E-state index >= 15 is 0 Å². The summed E-state index contributed by atoms with van der Waals surface area (Å²) in [7, 11) is 0. The zero-order valence-corrected chi connectivity index (χ0v) is 8.95. The van der Waals surface area contributed by atoms with Crippen LogP contribution >= 0.6 is 0 Å². The molecule has 2 N–H and O–H groups in total. The number of aromatic carboxylic acids is 1. The molecule has 16 heavy (non-hydrogen) atoms. The predicted molar refractivity (Wildman–Crippen MR) is 57.1 cm³/mol. The summed E-state index contributed by atoms with van der Waals surface area (Å²) in [6.45, 7) is 5.18. The molecule has 0 saturated carbocycles.